The van der Waals surface area contributed by atoms with Crippen molar-refractivity contribution in [3.8, 4) is 17.3 Å². The average Bonchev–Trinajstić information content (AvgIpc) is 4.04. The average molecular weight is 1100 g/mol. The van der Waals surface area contributed by atoms with Crippen LogP contribution in [-0.2, 0) is 51.4 Å². The first kappa shape index (κ1) is 45.6. The van der Waals surface area contributed by atoms with Crippen LogP contribution in [0.1, 0.15) is 79.0 Å². The van der Waals surface area contributed by atoms with Gasteiger partial charge in [0.25, 0.3) is 0 Å². The molecule has 1 aliphatic heterocycles. The molecule has 4 aromatic heterocycles. The molecule has 0 amide bonds. The normalized spacial score (nSPS) is 13.4. The number of aromatic nitrogens is 4. The fourth-order valence-electron chi connectivity index (χ4n) is 10.6. The van der Waals surface area contributed by atoms with Gasteiger partial charge in [-0.2, -0.15) is 6.07 Å². The summed E-state index contributed by atoms with van der Waals surface area (Å²) in [5, 5.41) is 7.20. The second kappa shape index (κ2) is 16.1. The number of pyridine rings is 1. The standard InChI is InChI=1S/C62H57N6O.Pt/c1-60(2,3)38-24-27-52-47(32-38)46-26-25-42(35-55(46)68(52)56-33-39(28-29-63-56)61(4,5)6)69-43-31-40(62(7,8)9)30-41(34-43)66-37-67(54-23-17-16-22-53(54)66)59-57-48(44-18-12-14-20-50(44)64(57)10)36-49-45-19-13-15-21-51(45)65(11)58(49)59;/h12-33,36-37H,1-11H3;/q-3;. The van der Waals surface area contributed by atoms with Crippen LogP contribution in [0.5, 0.6) is 11.5 Å². The van der Waals surface area contributed by atoms with Crippen molar-refractivity contribution in [2.24, 2.45) is 14.1 Å². The molecular formula is C62H57N6OPt-3. The zero-order valence-corrected chi connectivity index (χ0v) is 44.0. The molecule has 354 valence electrons. The van der Waals surface area contributed by atoms with Crippen LogP contribution >= 0.6 is 0 Å². The minimum absolute atomic E-state index is 0. The first-order chi connectivity index (χ1) is 32.9. The Morgan fingerprint density at radius 2 is 1.07 bits per heavy atom. The molecule has 7 nitrogen and oxygen atoms in total. The predicted octanol–water partition coefficient (Wildman–Crippen LogP) is 16.2. The Bertz CT molecular complexity index is 3810. The zero-order chi connectivity index (χ0) is 47.9. The van der Waals surface area contributed by atoms with E-state index in [1.165, 1.54) is 60.1 Å². The van der Waals surface area contributed by atoms with Crippen LogP contribution in [0.3, 0.4) is 0 Å². The second-order valence-electron chi connectivity index (χ2n) is 22.0. The molecule has 8 heteroatoms. The van der Waals surface area contributed by atoms with Gasteiger partial charge in [-0.05, 0) is 81.3 Å². The van der Waals surface area contributed by atoms with E-state index in [1.807, 2.05) is 12.3 Å². The number of benzene rings is 7. The van der Waals surface area contributed by atoms with E-state index in [4.69, 9.17) is 9.72 Å². The fraction of sp³-hybridized carbons (Fsp3) is 0.226. The summed E-state index contributed by atoms with van der Waals surface area (Å²) in [5.74, 6) is 2.08. The number of fused-ring (bicyclic) bond motifs is 10. The minimum Gasteiger partial charge on any atom is -0.509 e. The molecule has 0 radical (unpaired) electrons. The molecule has 70 heavy (non-hydrogen) atoms. The summed E-state index contributed by atoms with van der Waals surface area (Å²) in [5.41, 5.74) is 14.3. The van der Waals surface area contributed by atoms with Gasteiger partial charge in [0.1, 0.15) is 5.82 Å². The van der Waals surface area contributed by atoms with E-state index in [0.29, 0.717) is 11.5 Å². The summed E-state index contributed by atoms with van der Waals surface area (Å²) < 4.78 is 13.9. The molecule has 0 unspecified atom stereocenters. The van der Waals surface area contributed by atoms with Crippen molar-refractivity contribution in [2.45, 2.75) is 78.6 Å². The first-order valence-electron chi connectivity index (χ1n) is 24.1. The molecule has 0 fully saturated rings. The van der Waals surface area contributed by atoms with Gasteiger partial charge in [-0.1, -0.05) is 128 Å². The van der Waals surface area contributed by atoms with E-state index in [-0.39, 0.29) is 37.3 Å². The first-order valence-corrected chi connectivity index (χ1v) is 24.1. The third-order valence-corrected chi connectivity index (χ3v) is 14.4. The zero-order valence-electron chi connectivity index (χ0n) is 41.8. The number of nitrogens with zero attached hydrogens (tertiary/aromatic N) is 6. The van der Waals surface area contributed by atoms with Crippen molar-refractivity contribution in [3.63, 3.8) is 0 Å². The van der Waals surface area contributed by atoms with Crippen LogP contribution in [0.15, 0.2) is 140 Å². The summed E-state index contributed by atoms with van der Waals surface area (Å²) >= 11 is 0. The SMILES string of the molecule is Cn1c2ccccc2c2cc3c4ccccc4n(C)c3c(N3[CH-]N(c4[c-]c(Oc5[c-]c6c(cc5)c5cc(C(C)(C)C)ccc5n6-c5cc(C(C)(C)C)ccn5)cc(C(C)(C)C)c4)c4ccccc43)c21.[Pt]. The summed E-state index contributed by atoms with van der Waals surface area (Å²) in [6, 6.07) is 55.9. The number of anilines is 4. The summed E-state index contributed by atoms with van der Waals surface area (Å²) in [4.78, 5) is 9.64. The van der Waals surface area contributed by atoms with Crippen molar-refractivity contribution < 1.29 is 25.8 Å². The van der Waals surface area contributed by atoms with Crippen molar-refractivity contribution in [2.75, 3.05) is 9.80 Å². The second-order valence-corrected chi connectivity index (χ2v) is 22.0. The molecule has 0 aliphatic carbocycles. The van der Waals surface area contributed by atoms with Gasteiger partial charge in [-0.3, -0.25) is 0 Å². The van der Waals surface area contributed by atoms with Gasteiger partial charge in [-0.25, -0.2) is 4.98 Å². The molecule has 0 bridgehead atoms. The molecule has 5 heterocycles. The maximum Gasteiger partial charge on any atom is 0.135 e. The van der Waals surface area contributed by atoms with Crippen molar-refractivity contribution in [3.05, 3.63) is 175 Å². The Morgan fingerprint density at radius 3 is 1.70 bits per heavy atom. The number of ether oxygens (including phenoxy) is 1. The molecule has 1 aliphatic rings. The Hall–Kier alpha value is -6.82. The minimum atomic E-state index is -0.195. The van der Waals surface area contributed by atoms with Crippen LogP contribution in [0.2, 0.25) is 0 Å². The molecule has 0 saturated heterocycles. The summed E-state index contributed by atoms with van der Waals surface area (Å²) in [6.45, 7) is 22.5. The van der Waals surface area contributed by atoms with E-state index < -0.39 is 0 Å². The molecule has 0 spiro atoms. The maximum absolute atomic E-state index is 6.97. The van der Waals surface area contributed by atoms with Crippen LogP contribution in [-0.4, -0.2) is 18.7 Å². The van der Waals surface area contributed by atoms with Gasteiger partial charge in [0, 0.05) is 102 Å². The third kappa shape index (κ3) is 7.14. The van der Waals surface area contributed by atoms with Gasteiger partial charge < -0.3 is 28.2 Å². The van der Waals surface area contributed by atoms with Crippen molar-refractivity contribution in [1.29, 1.82) is 0 Å². The quantitative estimate of drug-likeness (QED) is 0.161. The third-order valence-electron chi connectivity index (χ3n) is 14.4. The molecule has 12 rings (SSSR count). The van der Waals surface area contributed by atoms with E-state index in [0.717, 1.165) is 50.6 Å². The molecule has 11 aromatic rings. The topological polar surface area (TPSA) is 43.4 Å². The van der Waals surface area contributed by atoms with Crippen LogP contribution in [0.4, 0.5) is 22.7 Å². The monoisotopic (exact) mass is 1100 g/mol. The Kier molecular flexibility index (Phi) is 10.5. The van der Waals surface area contributed by atoms with E-state index in [2.05, 4.69) is 246 Å². The van der Waals surface area contributed by atoms with E-state index >= 15 is 0 Å². The fourth-order valence-corrected chi connectivity index (χ4v) is 10.6. The summed E-state index contributed by atoms with van der Waals surface area (Å²) in [7, 11) is 4.40. The molecule has 7 aromatic carbocycles. The van der Waals surface area contributed by atoms with Gasteiger partial charge in [0.2, 0.25) is 0 Å². The molecule has 0 atom stereocenters. The number of hydrogen-bond acceptors (Lipinski definition) is 4. The van der Waals surface area contributed by atoms with Gasteiger partial charge in [-0.15, -0.1) is 53.6 Å². The van der Waals surface area contributed by atoms with Crippen LogP contribution < -0.4 is 14.5 Å². The summed E-state index contributed by atoms with van der Waals surface area (Å²) in [6.07, 6.45) is 1.92. The van der Waals surface area contributed by atoms with Gasteiger partial charge in [0.05, 0.1) is 16.7 Å². The number of aryl methyl sites for hydroxylation is 2. The van der Waals surface area contributed by atoms with E-state index in [9.17, 15) is 0 Å². The van der Waals surface area contributed by atoms with E-state index in [1.54, 1.807) is 0 Å². The van der Waals surface area contributed by atoms with Crippen molar-refractivity contribution in [1.82, 2.24) is 18.7 Å². The smallest absolute Gasteiger partial charge is 0.135 e. The van der Waals surface area contributed by atoms with Crippen LogP contribution in [0, 0.1) is 18.8 Å². The molecular weight excluding hydrogens is 1040 g/mol. The van der Waals surface area contributed by atoms with Gasteiger partial charge in [0.15, 0.2) is 0 Å². The Balaban J connectivity index is 0.00000533. The predicted molar refractivity (Wildman–Crippen MR) is 288 cm³/mol. The number of hydrogen-bond donors (Lipinski definition) is 0. The van der Waals surface area contributed by atoms with Crippen LogP contribution in [0.25, 0.3) is 71.2 Å². The number of para-hydroxylation sites is 4. The number of rotatable bonds is 5. The maximum atomic E-state index is 6.97. The van der Waals surface area contributed by atoms with Crippen molar-refractivity contribution >= 4 is 88.2 Å². The molecule has 0 N–H and O–H groups in total. The largest absolute Gasteiger partial charge is 0.509 e. The molecule has 0 saturated carbocycles. The van der Waals surface area contributed by atoms with Gasteiger partial charge >= 0.3 is 0 Å². The Morgan fingerprint density at radius 1 is 0.486 bits per heavy atom. The Labute approximate surface area is 425 Å².